The molecule has 0 bridgehead atoms. The van der Waals surface area contributed by atoms with Gasteiger partial charge in [0.05, 0.1) is 18.3 Å². The van der Waals surface area contributed by atoms with Gasteiger partial charge in [-0.05, 0) is 29.7 Å². The van der Waals surface area contributed by atoms with E-state index in [-0.39, 0.29) is 17.9 Å². The Balaban J connectivity index is 2.31. The molecular formula is C18H23N3O7S2. The number of rotatable bonds is 10. The maximum Gasteiger partial charge on any atom is 0.265 e. The number of hydrogen-bond acceptors (Lipinski definition) is 7. The van der Waals surface area contributed by atoms with E-state index in [2.05, 4.69) is 4.72 Å². The number of nitrogens with zero attached hydrogens (tertiary/aromatic N) is 1. The van der Waals surface area contributed by atoms with Crippen LogP contribution in [0, 0.1) is 0 Å². The number of hydroxylamine groups is 2. The van der Waals surface area contributed by atoms with Crippen molar-refractivity contribution in [3.63, 3.8) is 0 Å². The molecule has 0 aliphatic carbocycles. The predicted octanol–water partition coefficient (Wildman–Crippen LogP) is 0.719. The van der Waals surface area contributed by atoms with Crippen LogP contribution in [0.15, 0.2) is 59.5 Å². The minimum atomic E-state index is -4.31. The molecule has 10 nitrogen and oxygen atoms in total. The average molecular weight is 458 g/mol. The predicted molar refractivity (Wildman–Crippen MR) is 109 cm³/mol. The second kappa shape index (κ2) is 10.1. The zero-order chi connectivity index (χ0) is 22.4. The fourth-order valence-electron chi connectivity index (χ4n) is 2.73. The maximum atomic E-state index is 13.0. The van der Waals surface area contributed by atoms with E-state index in [9.17, 15) is 21.6 Å². The molecule has 0 heterocycles. The number of carbonyl (C=O) groups is 1. The van der Waals surface area contributed by atoms with E-state index in [1.807, 2.05) is 30.3 Å². The Labute approximate surface area is 175 Å². The van der Waals surface area contributed by atoms with Crippen LogP contribution >= 0.6 is 0 Å². The van der Waals surface area contributed by atoms with Crippen LogP contribution in [0.3, 0.4) is 0 Å². The molecule has 0 saturated heterocycles. The molecule has 0 unspecified atom stereocenters. The Kier molecular flexibility index (Phi) is 8.06. The number of nitrogens with one attached hydrogen (secondary N) is 2. The highest BCUT2D eigenvalue weighted by molar-refractivity contribution is 7.89. The van der Waals surface area contributed by atoms with Crippen LogP contribution in [0.25, 0.3) is 11.1 Å². The highest BCUT2D eigenvalue weighted by Gasteiger charge is 2.36. The Morgan fingerprint density at radius 2 is 1.60 bits per heavy atom. The highest BCUT2D eigenvalue weighted by atomic mass is 32.2. The molecule has 0 aliphatic rings. The first-order chi connectivity index (χ1) is 14.1. The second-order valence-corrected chi connectivity index (χ2v) is 9.89. The molecule has 30 heavy (non-hydrogen) atoms. The van der Waals surface area contributed by atoms with Crippen molar-refractivity contribution in [1.82, 2.24) is 14.7 Å². The van der Waals surface area contributed by atoms with E-state index < -0.39 is 32.0 Å². The van der Waals surface area contributed by atoms with Crippen molar-refractivity contribution >= 4 is 26.0 Å². The largest absolute Gasteiger partial charge is 0.289 e. The lowest BCUT2D eigenvalue weighted by Crippen LogP contribution is -2.49. The molecule has 12 heteroatoms. The summed E-state index contributed by atoms with van der Waals surface area (Å²) in [6.07, 6.45) is 0.641. The smallest absolute Gasteiger partial charge is 0.265 e. The van der Waals surface area contributed by atoms with Gasteiger partial charge in [0, 0.05) is 6.54 Å². The van der Waals surface area contributed by atoms with Crippen LogP contribution < -0.4 is 10.2 Å². The normalized spacial score (nSPS) is 13.2. The summed E-state index contributed by atoms with van der Waals surface area (Å²) in [6.45, 7) is -0.251. The molecule has 2 rings (SSSR count). The summed E-state index contributed by atoms with van der Waals surface area (Å²) < 4.78 is 51.1. The standard InChI is InChI=1S/C18H23N3O7S2/c1-28-21(17(18(22)20-23)12-13-19-29(2,24)25)30(26,27)16-10-8-15(9-11-16)14-6-4-3-5-7-14/h3-11,17,19,23H,12-13H2,1-2H3,(H,20,22)/t17-/m1/s1. The van der Waals surface area contributed by atoms with Crippen LogP contribution in [0.1, 0.15) is 6.42 Å². The van der Waals surface area contributed by atoms with E-state index in [4.69, 9.17) is 10.0 Å². The Morgan fingerprint density at radius 1 is 1.03 bits per heavy atom. The van der Waals surface area contributed by atoms with E-state index in [1.54, 1.807) is 12.1 Å². The van der Waals surface area contributed by atoms with Gasteiger partial charge in [-0.1, -0.05) is 46.9 Å². The zero-order valence-electron chi connectivity index (χ0n) is 16.3. The molecule has 0 spiro atoms. The number of sulfonamides is 2. The lowest BCUT2D eigenvalue weighted by molar-refractivity contribution is -0.148. The summed E-state index contributed by atoms with van der Waals surface area (Å²) in [5.74, 6) is -1.07. The SMILES string of the molecule is CON([C@H](CCNS(C)(=O)=O)C(=O)NO)S(=O)(=O)c1ccc(-c2ccccc2)cc1. The summed E-state index contributed by atoms with van der Waals surface area (Å²) in [7, 11) is -6.81. The molecule has 0 radical (unpaired) electrons. The summed E-state index contributed by atoms with van der Waals surface area (Å²) in [5.41, 5.74) is 3.07. The first kappa shape index (κ1) is 23.9. The van der Waals surface area contributed by atoms with Crippen LogP contribution in [0.4, 0.5) is 0 Å². The molecule has 1 atom stereocenters. The summed E-state index contributed by atoms with van der Waals surface area (Å²) >= 11 is 0. The van der Waals surface area contributed by atoms with Crippen molar-refractivity contribution in [1.29, 1.82) is 0 Å². The third-order valence-corrected chi connectivity index (χ3v) is 6.60. The summed E-state index contributed by atoms with van der Waals surface area (Å²) in [4.78, 5) is 16.9. The molecular weight excluding hydrogens is 434 g/mol. The van der Waals surface area contributed by atoms with Gasteiger partial charge in [-0.25, -0.2) is 27.0 Å². The molecule has 0 fully saturated rings. The lowest BCUT2D eigenvalue weighted by Gasteiger charge is -2.27. The van der Waals surface area contributed by atoms with Crippen molar-refractivity contribution in [2.24, 2.45) is 0 Å². The van der Waals surface area contributed by atoms with Crippen LogP contribution in [0.5, 0.6) is 0 Å². The van der Waals surface area contributed by atoms with Crippen LogP contribution in [-0.4, -0.2) is 58.4 Å². The fraction of sp³-hybridized carbons (Fsp3) is 0.278. The van der Waals surface area contributed by atoms with Crippen molar-refractivity contribution in [2.75, 3.05) is 19.9 Å². The van der Waals surface area contributed by atoms with E-state index >= 15 is 0 Å². The van der Waals surface area contributed by atoms with Gasteiger partial charge in [-0.15, -0.1) is 0 Å². The Morgan fingerprint density at radius 3 is 2.10 bits per heavy atom. The van der Waals surface area contributed by atoms with Gasteiger partial charge in [0.2, 0.25) is 10.0 Å². The number of hydrogen-bond donors (Lipinski definition) is 3. The zero-order valence-corrected chi connectivity index (χ0v) is 18.0. The highest BCUT2D eigenvalue weighted by Crippen LogP contribution is 2.24. The molecule has 3 N–H and O–H groups in total. The average Bonchev–Trinajstić information content (AvgIpc) is 2.72. The molecule has 164 valence electrons. The van der Waals surface area contributed by atoms with Gasteiger partial charge >= 0.3 is 0 Å². The molecule has 2 aromatic carbocycles. The second-order valence-electron chi connectivity index (χ2n) is 6.28. The first-order valence-electron chi connectivity index (χ1n) is 8.73. The first-order valence-corrected chi connectivity index (χ1v) is 12.1. The summed E-state index contributed by atoms with van der Waals surface area (Å²) in [6, 6.07) is 13.8. The van der Waals surface area contributed by atoms with Gasteiger partial charge < -0.3 is 0 Å². The van der Waals surface area contributed by atoms with Gasteiger partial charge in [-0.3, -0.25) is 14.8 Å². The van der Waals surface area contributed by atoms with Gasteiger partial charge in [0.25, 0.3) is 15.9 Å². The van der Waals surface area contributed by atoms with Crippen molar-refractivity contribution in [2.45, 2.75) is 17.4 Å². The molecule has 0 aliphatic heterocycles. The Hall–Kier alpha value is -2.35. The monoisotopic (exact) mass is 457 g/mol. The molecule has 0 aromatic heterocycles. The molecule has 1 amide bonds. The van der Waals surface area contributed by atoms with Crippen molar-refractivity contribution < 1.29 is 31.7 Å². The minimum absolute atomic E-state index is 0.143. The molecule has 2 aromatic rings. The van der Waals surface area contributed by atoms with Gasteiger partial charge in [0.1, 0.15) is 6.04 Å². The number of benzene rings is 2. The van der Waals surface area contributed by atoms with E-state index in [1.165, 1.54) is 17.6 Å². The van der Waals surface area contributed by atoms with Gasteiger partial charge in [-0.2, -0.15) is 0 Å². The topological polar surface area (TPSA) is 142 Å². The van der Waals surface area contributed by atoms with E-state index in [0.717, 1.165) is 24.5 Å². The van der Waals surface area contributed by atoms with Crippen LogP contribution in [0.2, 0.25) is 0 Å². The Bertz CT molecular complexity index is 1060. The van der Waals surface area contributed by atoms with Crippen molar-refractivity contribution in [3.05, 3.63) is 54.6 Å². The quantitative estimate of drug-likeness (QED) is 0.352. The minimum Gasteiger partial charge on any atom is -0.289 e. The third kappa shape index (κ3) is 6.08. The molecule has 0 saturated carbocycles. The van der Waals surface area contributed by atoms with Gasteiger partial charge in [0.15, 0.2) is 0 Å². The third-order valence-electron chi connectivity index (χ3n) is 4.13. The number of carbonyl (C=O) groups excluding carboxylic acids is 1. The fourth-order valence-corrected chi connectivity index (χ4v) is 4.64. The summed E-state index contributed by atoms with van der Waals surface area (Å²) in [5, 5.41) is 8.99. The van der Waals surface area contributed by atoms with Crippen molar-refractivity contribution in [3.8, 4) is 11.1 Å². The number of amides is 1. The van der Waals surface area contributed by atoms with E-state index in [0.29, 0.717) is 4.47 Å². The van der Waals surface area contributed by atoms with Crippen LogP contribution in [-0.2, 0) is 29.7 Å². The maximum absolute atomic E-state index is 13.0. The lowest BCUT2D eigenvalue weighted by atomic mass is 10.1.